The van der Waals surface area contributed by atoms with Crippen molar-refractivity contribution >= 4 is 11.6 Å². The molecule has 2 aliphatic rings. The van der Waals surface area contributed by atoms with Crippen LogP contribution >= 0.6 is 0 Å². The Morgan fingerprint density at radius 2 is 2.05 bits per heavy atom. The normalized spacial score (nSPS) is 24.6. The number of carbonyl (C=O) groups excluding carboxylic acids is 2. The lowest BCUT2D eigenvalue weighted by Crippen LogP contribution is -2.32. The van der Waals surface area contributed by atoms with Gasteiger partial charge in [-0.3, -0.25) is 9.59 Å². The highest BCUT2D eigenvalue weighted by Gasteiger charge is 2.37. The average molecular weight is 278 g/mol. The first-order chi connectivity index (χ1) is 9.36. The van der Waals surface area contributed by atoms with Crippen molar-refractivity contribution in [1.29, 1.82) is 0 Å². The van der Waals surface area contributed by atoms with Gasteiger partial charge in [-0.05, 0) is 19.9 Å². The molecule has 0 saturated carbocycles. The second-order valence-corrected chi connectivity index (χ2v) is 5.17. The van der Waals surface area contributed by atoms with Crippen LogP contribution in [0.1, 0.15) is 26.7 Å². The topological polar surface area (TPSA) is 83.8 Å². The van der Waals surface area contributed by atoms with Crippen molar-refractivity contribution in [2.24, 2.45) is 0 Å². The molecule has 20 heavy (non-hydrogen) atoms. The van der Waals surface area contributed by atoms with Crippen LogP contribution in [0.2, 0.25) is 0 Å². The van der Waals surface area contributed by atoms with Gasteiger partial charge in [0.1, 0.15) is 6.10 Å². The summed E-state index contributed by atoms with van der Waals surface area (Å²) >= 11 is 0. The summed E-state index contributed by atoms with van der Waals surface area (Å²) in [6.45, 7) is 3.13. The maximum atomic E-state index is 12.5. The van der Waals surface area contributed by atoms with E-state index >= 15 is 0 Å². The third-order valence-corrected chi connectivity index (χ3v) is 3.66. The molecule has 108 valence electrons. The predicted molar refractivity (Wildman–Crippen MR) is 71.8 cm³/mol. The van der Waals surface area contributed by atoms with Gasteiger partial charge in [0, 0.05) is 35.1 Å². The van der Waals surface area contributed by atoms with Crippen molar-refractivity contribution < 1.29 is 24.5 Å². The van der Waals surface area contributed by atoms with Gasteiger partial charge in [-0.15, -0.1) is 0 Å². The molecule has 0 aromatic rings. The number of methoxy groups -OCH3 is 1. The van der Waals surface area contributed by atoms with E-state index in [0.29, 0.717) is 16.9 Å². The van der Waals surface area contributed by atoms with E-state index in [4.69, 9.17) is 4.74 Å². The Morgan fingerprint density at radius 1 is 1.40 bits per heavy atom. The minimum atomic E-state index is -1.12. The van der Waals surface area contributed by atoms with Crippen LogP contribution in [0.5, 0.6) is 0 Å². The molecular weight excluding hydrogens is 260 g/mol. The summed E-state index contributed by atoms with van der Waals surface area (Å²) in [6, 6.07) is 0. The van der Waals surface area contributed by atoms with Crippen LogP contribution in [0.4, 0.5) is 0 Å². The zero-order valence-corrected chi connectivity index (χ0v) is 11.8. The van der Waals surface area contributed by atoms with Crippen LogP contribution in [-0.2, 0) is 14.3 Å². The zero-order chi connectivity index (χ0) is 15.0. The van der Waals surface area contributed by atoms with Gasteiger partial charge in [-0.1, -0.05) is 0 Å². The third-order valence-electron chi connectivity index (χ3n) is 3.66. The minimum absolute atomic E-state index is 0.134. The summed E-state index contributed by atoms with van der Waals surface area (Å²) in [5, 5.41) is 19.5. The van der Waals surface area contributed by atoms with Crippen LogP contribution in [0.15, 0.2) is 34.1 Å². The first kappa shape index (κ1) is 14.7. The Balaban J connectivity index is 2.44. The monoisotopic (exact) mass is 278 g/mol. The molecule has 2 atom stereocenters. The van der Waals surface area contributed by atoms with Gasteiger partial charge >= 0.3 is 0 Å². The number of ether oxygens (including phenoxy) is 1. The van der Waals surface area contributed by atoms with E-state index in [-0.39, 0.29) is 35.6 Å². The van der Waals surface area contributed by atoms with Crippen molar-refractivity contribution in [1.82, 2.24) is 0 Å². The Bertz CT molecular complexity index is 563. The van der Waals surface area contributed by atoms with Crippen molar-refractivity contribution in [3.05, 3.63) is 34.1 Å². The van der Waals surface area contributed by atoms with E-state index in [1.54, 1.807) is 13.8 Å². The van der Waals surface area contributed by atoms with Crippen LogP contribution in [0.3, 0.4) is 0 Å². The first-order valence-corrected chi connectivity index (χ1v) is 6.49. The molecule has 0 aromatic heterocycles. The highest BCUT2D eigenvalue weighted by atomic mass is 16.5. The van der Waals surface area contributed by atoms with Gasteiger partial charge in [-0.2, -0.15) is 0 Å². The molecule has 0 fully saturated rings. The molecule has 0 aliphatic heterocycles. The molecule has 0 saturated heterocycles. The maximum Gasteiger partial charge on any atom is 0.188 e. The Kier molecular flexibility index (Phi) is 3.92. The number of hydrogen-bond acceptors (Lipinski definition) is 5. The van der Waals surface area contributed by atoms with Crippen molar-refractivity contribution in [2.45, 2.75) is 38.9 Å². The number of hydrogen-bond donors (Lipinski definition) is 2. The molecule has 0 bridgehead atoms. The number of carbonyl (C=O) groups is 2. The lowest BCUT2D eigenvalue weighted by atomic mass is 9.77. The quantitative estimate of drug-likeness (QED) is 0.747. The van der Waals surface area contributed by atoms with Gasteiger partial charge in [-0.25, -0.2) is 0 Å². The standard InChI is InChI=1S/C15H18O5/c1-7(16)4-10-8(2)14(18)13-11(15(10)19)5-9(20-3)6-12(13)17/h6-7,12,16-17H,4-5H2,1-3H3/t7-,12?/m0/s1. The molecular formula is C15H18O5. The minimum Gasteiger partial charge on any atom is -0.501 e. The summed E-state index contributed by atoms with van der Waals surface area (Å²) in [4.78, 5) is 24.8. The van der Waals surface area contributed by atoms with Crippen LogP contribution in [0, 0.1) is 0 Å². The van der Waals surface area contributed by atoms with E-state index < -0.39 is 12.2 Å². The van der Waals surface area contributed by atoms with Gasteiger partial charge in [0.25, 0.3) is 0 Å². The Morgan fingerprint density at radius 3 is 2.60 bits per heavy atom. The van der Waals surface area contributed by atoms with E-state index in [0.717, 1.165) is 0 Å². The number of allylic oxidation sites excluding steroid dienone is 2. The smallest absolute Gasteiger partial charge is 0.188 e. The number of rotatable bonds is 3. The van der Waals surface area contributed by atoms with Crippen LogP contribution in [0.25, 0.3) is 0 Å². The number of ketones is 2. The van der Waals surface area contributed by atoms with E-state index in [9.17, 15) is 19.8 Å². The SMILES string of the molecule is COC1=CC(O)C2=C(C1)C(=O)C(C[C@H](C)O)=C(C)C2=O. The van der Waals surface area contributed by atoms with Gasteiger partial charge in [0.2, 0.25) is 0 Å². The molecule has 5 nitrogen and oxygen atoms in total. The number of Topliss-reactive ketones (excluding diaryl/α,β-unsaturated/α-hetero) is 2. The summed E-state index contributed by atoms with van der Waals surface area (Å²) in [6.07, 6.45) is -0.0472. The first-order valence-electron chi connectivity index (χ1n) is 6.49. The molecule has 1 unspecified atom stereocenters. The molecule has 2 N–H and O–H groups in total. The van der Waals surface area contributed by atoms with Crippen molar-refractivity contribution in [3.8, 4) is 0 Å². The Labute approximate surface area is 117 Å². The van der Waals surface area contributed by atoms with E-state index in [1.165, 1.54) is 13.2 Å². The Hall–Kier alpha value is -1.72. The molecule has 0 amide bonds. The number of aliphatic hydroxyl groups excluding tert-OH is 2. The fraction of sp³-hybridized carbons (Fsp3) is 0.467. The van der Waals surface area contributed by atoms with Crippen LogP contribution in [-0.4, -0.2) is 41.1 Å². The van der Waals surface area contributed by atoms with Crippen molar-refractivity contribution in [3.63, 3.8) is 0 Å². The highest BCUT2D eigenvalue weighted by Crippen LogP contribution is 2.35. The van der Waals surface area contributed by atoms with Gasteiger partial charge < -0.3 is 14.9 Å². The molecule has 2 rings (SSSR count). The second-order valence-electron chi connectivity index (χ2n) is 5.17. The maximum absolute atomic E-state index is 12.5. The van der Waals surface area contributed by atoms with Crippen LogP contribution < -0.4 is 0 Å². The third kappa shape index (κ3) is 2.34. The average Bonchev–Trinajstić information content (AvgIpc) is 2.40. The fourth-order valence-corrected chi connectivity index (χ4v) is 2.61. The van der Waals surface area contributed by atoms with E-state index in [1.807, 2.05) is 0 Å². The molecule has 2 aliphatic carbocycles. The zero-order valence-electron chi connectivity index (χ0n) is 11.8. The highest BCUT2D eigenvalue weighted by molar-refractivity contribution is 6.25. The molecule has 0 spiro atoms. The fourth-order valence-electron chi connectivity index (χ4n) is 2.61. The number of aliphatic hydroxyl groups is 2. The molecule has 0 heterocycles. The molecule has 5 heteroatoms. The molecule has 0 aromatic carbocycles. The summed E-state index contributed by atoms with van der Waals surface area (Å²) < 4.78 is 5.08. The summed E-state index contributed by atoms with van der Waals surface area (Å²) in [7, 11) is 1.46. The van der Waals surface area contributed by atoms with Gasteiger partial charge in [0.15, 0.2) is 11.6 Å². The van der Waals surface area contributed by atoms with Gasteiger partial charge in [0.05, 0.1) is 19.0 Å². The van der Waals surface area contributed by atoms with Crippen molar-refractivity contribution in [2.75, 3.05) is 7.11 Å². The lowest BCUT2D eigenvalue weighted by Gasteiger charge is -2.28. The largest absolute Gasteiger partial charge is 0.501 e. The second kappa shape index (κ2) is 5.34. The molecule has 0 radical (unpaired) electrons. The van der Waals surface area contributed by atoms with E-state index in [2.05, 4.69) is 0 Å². The summed E-state index contributed by atoms with van der Waals surface area (Å²) in [5.74, 6) is -0.137. The lowest BCUT2D eigenvalue weighted by molar-refractivity contribution is -0.117. The predicted octanol–water partition coefficient (Wildman–Crippen LogP) is 0.817. The summed E-state index contributed by atoms with van der Waals surface area (Å²) in [5.41, 5.74) is 1.06.